The Morgan fingerprint density at radius 2 is 1.19 bits per heavy atom. The van der Waals surface area contributed by atoms with E-state index in [-0.39, 0.29) is 38.3 Å². The van der Waals surface area contributed by atoms with Gasteiger partial charge in [-0.1, -0.05) is 34.8 Å². The molecular weight excluding hydrogens is 844 g/mol. The largest absolute Gasteiger partial charge is 0.508 e. The van der Waals surface area contributed by atoms with E-state index < -0.39 is 49.1 Å². The molecule has 0 unspecified atom stereocenters. The van der Waals surface area contributed by atoms with Crippen LogP contribution in [0.3, 0.4) is 0 Å². The molecule has 0 saturated carbocycles. The highest BCUT2D eigenvalue weighted by Gasteiger charge is 2.34. The number of rotatable bonds is 4. The molecule has 0 saturated heterocycles. The summed E-state index contributed by atoms with van der Waals surface area (Å²) in [5.74, 6) is -0.696. The van der Waals surface area contributed by atoms with Crippen LogP contribution in [0, 0.1) is 34.1 Å². The highest BCUT2D eigenvalue weighted by Crippen LogP contribution is 2.39. The van der Waals surface area contributed by atoms with Gasteiger partial charge < -0.3 is 9.84 Å². The van der Waals surface area contributed by atoms with Crippen molar-refractivity contribution >= 4 is 78.0 Å². The fourth-order valence-corrected chi connectivity index (χ4v) is 4.48. The molecule has 252 valence electrons. The Bertz CT molecular complexity index is 1820. The van der Waals surface area contributed by atoms with Gasteiger partial charge in [0, 0.05) is 12.1 Å². The summed E-state index contributed by atoms with van der Waals surface area (Å²) in [6.07, 6.45) is -9.15. The van der Waals surface area contributed by atoms with Crippen LogP contribution in [-0.2, 0) is 12.4 Å². The number of benzene rings is 2. The van der Waals surface area contributed by atoms with Gasteiger partial charge in [-0.3, -0.25) is 20.2 Å². The molecule has 0 fully saturated rings. The zero-order chi connectivity index (χ0) is 36.0. The van der Waals surface area contributed by atoms with Crippen LogP contribution in [-0.4, -0.2) is 24.9 Å². The van der Waals surface area contributed by atoms with Gasteiger partial charge in [-0.25, -0.2) is 9.97 Å². The van der Waals surface area contributed by atoms with Crippen LogP contribution >= 0.6 is 66.7 Å². The Balaban J connectivity index is 0.000000270. The number of phenols is 1. The average Bonchev–Trinajstić information content (AvgIpc) is 2.94. The van der Waals surface area contributed by atoms with E-state index in [4.69, 9.17) is 44.6 Å². The predicted octanol–water partition coefficient (Wildman–Crippen LogP) is 11.3. The number of phenolic OH excluding ortho intramolecular Hbond substituents is 1. The summed E-state index contributed by atoms with van der Waals surface area (Å²) in [6.45, 7) is 2.93. The van der Waals surface area contributed by atoms with Crippen LogP contribution in [0.5, 0.6) is 17.4 Å². The number of nitrogens with zero attached hydrogens (tertiary/aromatic N) is 4. The van der Waals surface area contributed by atoms with Crippen molar-refractivity contribution in [1.82, 2.24) is 9.97 Å². The number of aryl methyl sites for hydroxylation is 2. The molecule has 0 spiro atoms. The number of ether oxygens (including phenoxy) is 1. The van der Waals surface area contributed by atoms with Gasteiger partial charge >= 0.3 is 12.4 Å². The van der Waals surface area contributed by atoms with Crippen LogP contribution in [0.15, 0.2) is 57.5 Å². The van der Waals surface area contributed by atoms with E-state index in [1.807, 2.05) is 0 Å². The van der Waals surface area contributed by atoms with Crippen LogP contribution in [0.25, 0.3) is 0 Å². The number of alkyl halides is 6. The van der Waals surface area contributed by atoms with Gasteiger partial charge in [0.15, 0.2) is 0 Å². The van der Waals surface area contributed by atoms with E-state index in [1.54, 1.807) is 0 Å². The van der Waals surface area contributed by atoms with Crippen molar-refractivity contribution < 1.29 is 46.0 Å². The molecule has 2 aromatic heterocycles. The van der Waals surface area contributed by atoms with Crippen LogP contribution in [0.1, 0.15) is 22.5 Å². The molecule has 1 N–H and O–H groups in total. The van der Waals surface area contributed by atoms with E-state index >= 15 is 0 Å². The summed E-state index contributed by atoms with van der Waals surface area (Å²) < 4.78 is 80.4. The summed E-state index contributed by atoms with van der Waals surface area (Å²) in [6, 6.07) is 8.20. The summed E-state index contributed by atoms with van der Waals surface area (Å²) >= 11 is 22.5. The maximum Gasteiger partial charge on any atom is 0.417 e. The summed E-state index contributed by atoms with van der Waals surface area (Å²) in [7, 11) is 0. The number of aromatic nitrogens is 2. The number of aromatic hydroxyl groups is 1. The monoisotopic (exact) mass is 856 g/mol. The summed E-state index contributed by atoms with van der Waals surface area (Å²) in [5, 5.41) is 29.3. The van der Waals surface area contributed by atoms with Crippen molar-refractivity contribution in [2.24, 2.45) is 0 Å². The molecule has 21 heteroatoms. The smallest absolute Gasteiger partial charge is 0.417 e. The molecule has 2 heterocycles. The minimum absolute atomic E-state index is 0.0359. The minimum atomic E-state index is -4.63. The van der Waals surface area contributed by atoms with Crippen LogP contribution in [0.4, 0.5) is 37.7 Å². The molecular formula is C26H15Br2Cl3F6N4O6. The first-order valence-electron chi connectivity index (χ1n) is 11.9. The lowest BCUT2D eigenvalue weighted by Crippen LogP contribution is -2.06. The Hall–Kier alpha value is -3.45. The molecule has 47 heavy (non-hydrogen) atoms. The van der Waals surface area contributed by atoms with Crippen molar-refractivity contribution in [1.29, 1.82) is 0 Å². The topological polar surface area (TPSA) is 142 Å². The normalized spacial score (nSPS) is 11.1. The van der Waals surface area contributed by atoms with Crippen molar-refractivity contribution in [2.75, 3.05) is 0 Å². The molecule has 0 atom stereocenters. The Kier molecular flexibility index (Phi) is 13.6. The lowest BCUT2D eigenvalue weighted by Gasteiger charge is -2.12. The fraction of sp³-hybridized carbons (Fsp3) is 0.154. The van der Waals surface area contributed by atoms with E-state index in [0.29, 0.717) is 16.2 Å². The lowest BCUT2D eigenvalue weighted by molar-refractivity contribution is -0.385. The number of halogens is 11. The highest BCUT2D eigenvalue weighted by molar-refractivity contribution is 9.10. The first kappa shape index (κ1) is 39.7. The van der Waals surface area contributed by atoms with Crippen molar-refractivity contribution in [3.05, 3.63) is 115 Å². The quantitative estimate of drug-likeness (QED) is 0.0925. The molecule has 0 radical (unpaired) electrons. The standard InChI is InChI=1S/C13H7BrClF3N2O3.C7H4ClF3O.C6H4BrClN2O2/c1-6-11(20(21)22)5-9(14)12(19-6)23-7-2-3-10(15)8(4-7)13(16,17)18;8-6-2-1-4(12)3-5(6)7(9,10)11;1-3-5(10(11)12)2-4(7)6(8)9-3/h2-5H,1H3;1-3,12H;2H,1H3. The second-order valence-corrected chi connectivity index (χ2v) is 11.5. The molecule has 4 aromatic rings. The Morgan fingerprint density at radius 1 is 0.745 bits per heavy atom. The molecule has 10 nitrogen and oxygen atoms in total. The second kappa shape index (κ2) is 16.1. The third-order valence-corrected chi connectivity index (χ3v) is 7.66. The maximum absolute atomic E-state index is 12.8. The first-order chi connectivity index (χ1) is 21.5. The van der Waals surface area contributed by atoms with Crippen LogP contribution in [0.2, 0.25) is 15.2 Å². The van der Waals surface area contributed by atoms with Gasteiger partial charge in [-0.15, -0.1) is 0 Å². The van der Waals surface area contributed by atoms with Gasteiger partial charge in [-0.2, -0.15) is 26.3 Å². The summed E-state index contributed by atoms with van der Waals surface area (Å²) in [4.78, 5) is 27.7. The van der Waals surface area contributed by atoms with Gasteiger partial charge in [0.05, 0.1) is 40.0 Å². The van der Waals surface area contributed by atoms with Crippen molar-refractivity contribution in [2.45, 2.75) is 26.2 Å². The third kappa shape index (κ3) is 11.3. The van der Waals surface area contributed by atoms with E-state index in [0.717, 1.165) is 30.3 Å². The van der Waals surface area contributed by atoms with E-state index in [2.05, 4.69) is 41.8 Å². The van der Waals surface area contributed by atoms with Crippen LogP contribution < -0.4 is 4.74 Å². The molecule has 0 aliphatic heterocycles. The molecule has 0 aliphatic carbocycles. The van der Waals surface area contributed by atoms with E-state index in [1.165, 1.54) is 26.0 Å². The van der Waals surface area contributed by atoms with Gasteiger partial charge in [0.25, 0.3) is 11.4 Å². The zero-order valence-electron chi connectivity index (χ0n) is 23.1. The average molecular weight is 860 g/mol. The summed E-state index contributed by atoms with van der Waals surface area (Å²) in [5.41, 5.74) is -1.97. The number of nitro groups is 2. The van der Waals surface area contributed by atoms with Gasteiger partial charge in [0.2, 0.25) is 5.88 Å². The molecule has 0 bridgehead atoms. The van der Waals surface area contributed by atoms with E-state index in [9.17, 15) is 46.6 Å². The number of hydrogen-bond donors (Lipinski definition) is 1. The predicted molar refractivity (Wildman–Crippen MR) is 166 cm³/mol. The number of pyridine rings is 2. The second-order valence-electron chi connectivity index (χ2n) is 8.66. The molecule has 0 amide bonds. The van der Waals surface area contributed by atoms with Crippen molar-refractivity contribution in [3.63, 3.8) is 0 Å². The fourth-order valence-electron chi connectivity index (χ4n) is 3.16. The minimum Gasteiger partial charge on any atom is -0.508 e. The highest BCUT2D eigenvalue weighted by atomic mass is 79.9. The molecule has 4 rings (SSSR count). The lowest BCUT2D eigenvalue weighted by atomic mass is 10.2. The van der Waals surface area contributed by atoms with Gasteiger partial charge in [0.1, 0.15) is 28.0 Å². The molecule has 2 aromatic carbocycles. The third-order valence-electron chi connectivity index (χ3n) is 5.31. The zero-order valence-corrected chi connectivity index (χ0v) is 28.5. The van der Waals surface area contributed by atoms with Crippen molar-refractivity contribution in [3.8, 4) is 17.4 Å². The Labute approximate surface area is 291 Å². The SMILES string of the molecule is Cc1nc(Cl)c(Br)cc1[N+](=O)[O-].Cc1nc(Oc2ccc(Cl)c(C(F)(F)F)c2)c(Br)cc1[N+](=O)[O-].Oc1ccc(Cl)c(C(F)(F)F)c1. The maximum atomic E-state index is 12.8. The number of hydrogen-bond acceptors (Lipinski definition) is 8. The Morgan fingerprint density at radius 3 is 1.66 bits per heavy atom. The molecule has 0 aliphatic rings. The van der Waals surface area contributed by atoms with Gasteiger partial charge in [-0.05, 0) is 82.1 Å². The first-order valence-corrected chi connectivity index (χ1v) is 14.6.